The van der Waals surface area contributed by atoms with Crippen LogP contribution in [0.3, 0.4) is 0 Å². The van der Waals surface area contributed by atoms with Crippen molar-refractivity contribution in [2.24, 2.45) is 7.05 Å². The summed E-state index contributed by atoms with van der Waals surface area (Å²) in [5.74, 6) is -0.00625. The van der Waals surface area contributed by atoms with Crippen LogP contribution in [0.5, 0.6) is 0 Å². The first-order valence-electron chi connectivity index (χ1n) is 5.02. The Morgan fingerprint density at radius 2 is 2.27 bits per heavy atom. The summed E-state index contributed by atoms with van der Waals surface area (Å²) in [5.41, 5.74) is 1.80. The maximum atomic E-state index is 11.3. The van der Waals surface area contributed by atoms with Crippen molar-refractivity contribution in [2.75, 3.05) is 11.9 Å². The van der Waals surface area contributed by atoms with Crippen molar-refractivity contribution in [1.82, 2.24) is 15.1 Å². The summed E-state index contributed by atoms with van der Waals surface area (Å²) in [7, 11) is 1.85. The smallest absolute Gasteiger partial charge is 0.239 e. The fourth-order valence-electron chi connectivity index (χ4n) is 1.32. The molecule has 1 heterocycles. The molecule has 0 radical (unpaired) electrons. The third-order valence-corrected chi connectivity index (χ3v) is 1.90. The molecule has 5 nitrogen and oxygen atoms in total. The van der Waals surface area contributed by atoms with Crippen molar-refractivity contribution in [1.29, 1.82) is 0 Å². The van der Waals surface area contributed by atoms with Crippen molar-refractivity contribution in [3.63, 3.8) is 0 Å². The van der Waals surface area contributed by atoms with Gasteiger partial charge in [0.2, 0.25) is 5.91 Å². The van der Waals surface area contributed by atoms with Crippen LogP contribution in [0.25, 0.3) is 0 Å². The van der Waals surface area contributed by atoms with Crippen molar-refractivity contribution in [3.8, 4) is 0 Å². The molecule has 0 saturated heterocycles. The highest BCUT2D eigenvalue weighted by molar-refractivity contribution is 5.80. The largest absolute Gasteiger partial charge is 0.373 e. The highest BCUT2D eigenvalue weighted by Crippen LogP contribution is 2.10. The van der Waals surface area contributed by atoms with Gasteiger partial charge in [0.25, 0.3) is 0 Å². The monoisotopic (exact) mass is 210 g/mol. The lowest BCUT2D eigenvalue weighted by atomic mass is 10.3. The third kappa shape index (κ3) is 3.61. The van der Waals surface area contributed by atoms with Crippen molar-refractivity contribution in [3.05, 3.63) is 11.9 Å². The maximum Gasteiger partial charge on any atom is 0.239 e. The lowest BCUT2D eigenvalue weighted by molar-refractivity contribution is -0.119. The van der Waals surface area contributed by atoms with Gasteiger partial charge in [0.15, 0.2) is 0 Å². The molecule has 0 aliphatic carbocycles. The van der Waals surface area contributed by atoms with Gasteiger partial charge in [0.1, 0.15) is 0 Å². The van der Waals surface area contributed by atoms with E-state index in [2.05, 4.69) is 15.7 Å². The number of nitrogens with one attached hydrogen (secondary N) is 2. The summed E-state index contributed by atoms with van der Waals surface area (Å²) in [5, 5.41) is 10.0. The number of aromatic nitrogens is 2. The van der Waals surface area contributed by atoms with Crippen LogP contribution in [0.15, 0.2) is 6.20 Å². The summed E-state index contributed by atoms with van der Waals surface area (Å²) in [6, 6.07) is 0.175. The van der Waals surface area contributed by atoms with Gasteiger partial charge in [-0.25, -0.2) is 0 Å². The van der Waals surface area contributed by atoms with E-state index in [1.165, 1.54) is 0 Å². The minimum absolute atomic E-state index is 0.00625. The second kappa shape index (κ2) is 4.82. The fourth-order valence-corrected chi connectivity index (χ4v) is 1.32. The Labute approximate surface area is 89.9 Å². The molecule has 0 aliphatic rings. The Hall–Kier alpha value is -1.52. The molecule has 0 spiro atoms. The Balaban J connectivity index is 2.43. The van der Waals surface area contributed by atoms with Crippen LogP contribution in [-0.4, -0.2) is 28.3 Å². The van der Waals surface area contributed by atoms with Gasteiger partial charge in [-0.1, -0.05) is 0 Å². The van der Waals surface area contributed by atoms with Crippen LogP contribution in [0.2, 0.25) is 0 Å². The van der Waals surface area contributed by atoms with Gasteiger partial charge in [0, 0.05) is 19.3 Å². The molecule has 0 unspecified atom stereocenters. The average molecular weight is 210 g/mol. The van der Waals surface area contributed by atoms with E-state index in [-0.39, 0.29) is 18.5 Å². The number of rotatable bonds is 4. The normalized spacial score (nSPS) is 10.5. The molecular formula is C10H18N4O. The van der Waals surface area contributed by atoms with Crippen LogP contribution in [0.4, 0.5) is 5.69 Å². The van der Waals surface area contributed by atoms with Crippen molar-refractivity contribution >= 4 is 11.6 Å². The number of amides is 1. The molecule has 0 aromatic carbocycles. The summed E-state index contributed by atoms with van der Waals surface area (Å²) in [4.78, 5) is 11.3. The van der Waals surface area contributed by atoms with Gasteiger partial charge in [0.05, 0.1) is 17.9 Å². The van der Waals surface area contributed by atoms with E-state index in [9.17, 15) is 4.79 Å². The van der Waals surface area contributed by atoms with Gasteiger partial charge in [-0.2, -0.15) is 5.10 Å². The zero-order valence-electron chi connectivity index (χ0n) is 9.66. The molecule has 0 fully saturated rings. The summed E-state index contributed by atoms with van der Waals surface area (Å²) >= 11 is 0. The average Bonchev–Trinajstić information content (AvgIpc) is 2.40. The molecule has 5 heteroatoms. The van der Waals surface area contributed by atoms with Crippen LogP contribution in [0.1, 0.15) is 19.5 Å². The molecule has 1 aromatic rings. The Morgan fingerprint density at radius 3 is 2.73 bits per heavy atom. The van der Waals surface area contributed by atoms with E-state index in [0.29, 0.717) is 0 Å². The van der Waals surface area contributed by atoms with Crippen LogP contribution >= 0.6 is 0 Å². The third-order valence-electron chi connectivity index (χ3n) is 1.90. The first-order valence-corrected chi connectivity index (χ1v) is 5.02. The molecule has 2 N–H and O–H groups in total. The molecule has 0 atom stereocenters. The SMILES string of the molecule is Cc1nn(C)cc1NCC(=O)NC(C)C. The number of carbonyl (C=O) groups is 1. The number of nitrogens with zero attached hydrogens (tertiary/aromatic N) is 2. The van der Waals surface area contributed by atoms with Gasteiger partial charge < -0.3 is 10.6 Å². The summed E-state index contributed by atoms with van der Waals surface area (Å²) in [6.45, 7) is 6.06. The van der Waals surface area contributed by atoms with Crippen molar-refractivity contribution in [2.45, 2.75) is 26.8 Å². The van der Waals surface area contributed by atoms with E-state index in [1.54, 1.807) is 4.68 Å². The predicted octanol–water partition coefficient (Wildman–Crippen LogP) is 0.665. The van der Waals surface area contributed by atoms with Gasteiger partial charge in [-0.05, 0) is 20.8 Å². The first kappa shape index (κ1) is 11.6. The van der Waals surface area contributed by atoms with E-state index >= 15 is 0 Å². The number of anilines is 1. The first-order chi connectivity index (χ1) is 6.99. The van der Waals surface area contributed by atoms with E-state index in [4.69, 9.17) is 0 Å². The summed E-state index contributed by atoms with van der Waals surface area (Å²) in [6.07, 6.45) is 1.86. The zero-order chi connectivity index (χ0) is 11.4. The van der Waals surface area contributed by atoms with Gasteiger partial charge in [-0.3, -0.25) is 9.48 Å². The number of hydrogen-bond donors (Lipinski definition) is 2. The minimum atomic E-state index is -0.00625. The molecule has 15 heavy (non-hydrogen) atoms. The van der Waals surface area contributed by atoms with Gasteiger partial charge in [-0.15, -0.1) is 0 Å². The summed E-state index contributed by atoms with van der Waals surface area (Å²) < 4.78 is 1.72. The molecule has 1 aromatic heterocycles. The lowest BCUT2D eigenvalue weighted by Crippen LogP contribution is -2.34. The Kier molecular flexibility index (Phi) is 3.71. The Morgan fingerprint density at radius 1 is 1.60 bits per heavy atom. The standard InChI is InChI=1S/C10H18N4O/c1-7(2)12-10(15)5-11-9-6-14(4)13-8(9)3/h6-7,11H,5H2,1-4H3,(H,12,15). The van der Waals surface area contributed by atoms with Crippen LogP contribution in [0, 0.1) is 6.92 Å². The number of carbonyl (C=O) groups excluding carboxylic acids is 1. The topological polar surface area (TPSA) is 59.0 Å². The number of aryl methyl sites for hydroxylation is 2. The van der Waals surface area contributed by atoms with Crippen LogP contribution in [-0.2, 0) is 11.8 Å². The highest BCUT2D eigenvalue weighted by atomic mass is 16.1. The van der Waals surface area contributed by atoms with E-state index < -0.39 is 0 Å². The molecule has 84 valence electrons. The molecule has 1 amide bonds. The molecule has 0 bridgehead atoms. The zero-order valence-corrected chi connectivity index (χ0v) is 9.66. The van der Waals surface area contributed by atoms with E-state index in [0.717, 1.165) is 11.4 Å². The lowest BCUT2D eigenvalue weighted by Gasteiger charge is -2.09. The van der Waals surface area contributed by atoms with Crippen molar-refractivity contribution < 1.29 is 4.79 Å². The van der Waals surface area contributed by atoms with Crippen LogP contribution < -0.4 is 10.6 Å². The minimum Gasteiger partial charge on any atom is -0.373 e. The molecular weight excluding hydrogens is 192 g/mol. The molecule has 0 saturated carbocycles. The second-order valence-electron chi connectivity index (χ2n) is 3.88. The highest BCUT2D eigenvalue weighted by Gasteiger charge is 2.06. The number of hydrogen-bond acceptors (Lipinski definition) is 3. The molecule has 1 rings (SSSR count). The van der Waals surface area contributed by atoms with Gasteiger partial charge >= 0.3 is 0 Å². The predicted molar refractivity (Wildman–Crippen MR) is 59.7 cm³/mol. The maximum absolute atomic E-state index is 11.3. The molecule has 0 aliphatic heterocycles. The van der Waals surface area contributed by atoms with E-state index in [1.807, 2.05) is 34.0 Å². The quantitative estimate of drug-likeness (QED) is 0.767. The fraction of sp³-hybridized carbons (Fsp3) is 0.600. The second-order valence-corrected chi connectivity index (χ2v) is 3.88. The Bertz CT molecular complexity index is 343.